The van der Waals surface area contributed by atoms with Crippen molar-refractivity contribution < 1.29 is 9.53 Å². The lowest BCUT2D eigenvalue weighted by molar-refractivity contribution is -0.145. The van der Waals surface area contributed by atoms with E-state index < -0.39 is 0 Å². The zero-order valence-corrected chi connectivity index (χ0v) is 9.16. The molecule has 0 radical (unpaired) electrons. The van der Waals surface area contributed by atoms with E-state index in [1.807, 2.05) is 13.8 Å². The summed E-state index contributed by atoms with van der Waals surface area (Å²) in [6.07, 6.45) is 8.28. The molecule has 2 heteroatoms. The van der Waals surface area contributed by atoms with Crippen LogP contribution in [-0.2, 0) is 9.53 Å². The van der Waals surface area contributed by atoms with Gasteiger partial charge in [-0.1, -0.05) is 26.0 Å². The molecule has 0 bridgehead atoms. The molecule has 0 saturated carbocycles. The first-order valence-electron chi connectivity index (χ1n) is 5.49. The second-order valence-corrected chi connectivity index (χ2v) is 4.43. The Balaban J connectivity index is 2.13. The number of carbonyl (C=O) groups excluding carboxylic acids is 1. The van der Waals surface area contributed by atoms with Crippen LogP contribution in [0.1, 0.15) is 39.5 Å². The van der Waals surface area contributed by atoms with Crippen LogP contribution < -0.4 is 0 Å². The molecule has 0 aliphatic heterocycles. The van der Waals surface area contributed by atoms with Crippen molar-refractivity contribution in [3.63, 3.8) is 0 Å². The zero-order valence-electron chi connectivity index (χ0n) is 9.16. The molecule has 1 aliphatic rings. The van der Waals surface area contributed by atoms with Crippen molar-refractivity contribution in [3.05, 3.63) is 12.2 Å². The van der Waals surface area contributed by atoms with Crippen LogP contribution in [0.5, 0.6) is 0 Å². The maximum Gasteiger partial charge on any atom is 0.306 e. The van der Waals surface area contributed by atoms with Crippen molar-refractivity contribution in [1.29, 1.82) is 0 Å². The molecule has 0 aromatic heterocycles. The first-order valence-corrected chi connectivity index (χ1v) is 5.49. The summed E-state index contributed by atoms with van der Waals surface area (Å²) in [6, 6.07) is 0. The van der Waals surface area contributed by atoms with Gasteiger partial charge in [0, 0.05) is 6.42 Å². The normalized spacial score (nSPS) is 21.2. The predicted molar refractivity (Wildman–Crippen MR) is 56.9 cm³/mol. The Hall–Kier alpha value is -0.790. The van der Waals surface area contributed by atoms with Crippen LogP contribution in [-0.4, -0.2) is 12.6 Å². The highest BCUT2D eigenvalue weighted by atomic mass is 16.5. The Kier molecular flexibility index (Phi) is 4.71. The first kappa shape index (κ1) is 11.3. The van der Waals surface area contributed by atoms with E-state index in [0.717, 1.165) is 19.3 Å². The molecule has 0 spiro atoms. The monoisotopic (exact) mass is 196 g/mol. The number of hydrogen-bond acceptors (Lipinski definition) is 2. The topological polar surface area (TPSA) is 26.3 Å². The van der Waals surface area contributed by atoms with Gasteiger partial charge in [0.2, 0.25) is 0 Å². The Labute approximate surface area is 86.3 Å². The van der Waals surface area contributed by atoms with Crippen LogP contribution in [0.3, 0.4) is 0 Å². The maximum absolute atomic E-state index is 11.3. The molecule has 0 heterocycles. The highest BCUT2D eigenvalue weighted by Crippen LogP contribution is 2.18. The summed E-state index contributed by atoms with van der Waals surface area (Å²) in [4.78, 5) is 11.3. The summed E-state index contributed by atoms with van der Waals surface area (Å²) in [5.41, 5.74) is 0. The molecule has 1 aliphatic carbocycles. The van der Waals surface area contributed by atoms with Gasteiger partial charge in [0.25, 0.3) is 0 Å². The lowest BCUT2D eigenvalue weighted by atomic mass is 9.95. The maximum atomic E-state index is 11.3. The SMILES string of the molecule is CC(C)CC(=O)OCC1CC=CCC1. The quantitative estimate of drug-likeness (QED) is 0.510. The number of ether oxygens (including phenoxy) is 1. The van der Waals surface area contributed by atoms with Crippen molar-refractivity contribution in [2.24, 2.45) is 11.8 Å². The second kappa shape index (κ2) is 5.84. The highest BCUT2D eigenvalue weighted by Gasteiger charge is 2.13. The van der Waals surface area contributed by atoms with Gasteiger partial charge in [-0.3, -0.25) is 4.79 Å². The number of hydrogen-bond donors (Lipinski definition) is 0. The highest BCUT2D eigenvalue weighted by molar-refractivity contribution is 5.69. The van der Waals surface area contributed by atoms with Gasteiger partial charge in [-0.25, -0.2) is 0 Å². The van der Waals surface area contributed by atoms with E-state index in [2.05, 4.69) is 12.2 Å². The minimum absolute atomic E-state index is 0.0467. The Morgan fingerprint density at radius 2 is 2.29 bits per heavy atom. The number of allylic oxidation sites excluding steroid dienone is 2. The molecule has 2 nitrogen and oxygen atoms in total. The molecule has 0 saturated heterocycles. The van der Waals surface area contributed by atoms with Crippen LogP contribution in [0.4, 0.5) is 0 Å². The van der Waals surface area contributed by atoms with Crippen molar-refractivity contribution in [2.75, 3.05) is 6.61 Å². The molecule has 1 rings (SSSR count). The van der Waals surface area contributed by atoms with Crippen molar-refractivity contribution >= 4 is 5.97 Å². The van der Waals surface area contributed by atoms with E-state index in [1.165, 1.54) is 0 Å². The fourth-order valence-corrected chi connectivity index (χ4v) is 1.61. The summed E-state index contributed by atoms with van der Waals surface area (Å²) in [5, 5.41) is 0. The van der Waals surface area contributed by atoms with E-state index in [0.29, 0.717) is 24.9 Å². The van der Waals surface area contributed by atoms with E-state index in [4.69, 9.17) is 4.74 Å². The van der Waals surface area contributed by atoms with Crippen LogP contribution in [0.15, 0.2) is 12.2 Å². The van der Waals surface area contributed by atoms with Gasteiger partial charge in [-0.15, -0.1) is 0 Å². The summed E-state index contributed by atoms with van der Waals surface area (Å²) in [7, 11) is 0. The summed E-state index contributed by atoms with van der Waals surface area (Å²) in [6.45, 7) is 4.67. The van der Waals surface area contributed by atoms with E-state index in [-0.39, 0.29) is 5.97 Å². The molecule has 14 heavy (non-hydrogen) atoms. The van der Waals surface area contributed by atoms with E-state index in [1.54, 1.807) is 0 Å². The number of esters is 1. The van der Waals surface area contributed by atoms with E-state index in [9.17, 15) is 4.79 Å². The lowest BCUT2D eigenvalue weighted by Gasteiger charge is -2.17. The van der Waals surface area contributed by atoms with Crippen molar-refractivity contribution in [1.82, 2.24) is 0 Å². The lowest BCUT2D eigenvalue weighted by Crippen LogP contribution is -2.16. The smallest absolute Gasteiger partial charge is 0.306 e. The fraction of sp³-hybridized carbons (Fsp3) is 0.750. The van der Waals surface area contributed by atoms with Crippen molar-refractivity contribution in [2.45, 2.75) is 39.5 Å². The zero-order chi connectivity index (χ0) is 10.4. The third kappa shape index (κ3) is 4.45. The van der Waals surface area contributed by atoms with Crippen LogP contribution >= 0.6 is 0 Å². The van der Waals surface area contributed by atoms with Crippen LogP contribution in [0.25, 0.3) is 0 Å². The van der Waals surface area contributed by atoms with Crippen LogP contribution in [0, 0.1) is 11.8 Å². The minimum Gasteiger partial charge on any atom is -0.465 e. The Morgan fingerprint density at radius 1 is 1.50 bits per heavy atom. The number of rotatable bonds is 4. The van der Waals surface area contributed by atoms with Gasteiger partial charge >= 0.3 is 5.97 Å². The molecular weight excluding hydrogens is 176 g/mol. The molecule has 80 valence electrons. The summed E-state index contributed by atoms with van der Waals surface area (Å²) < 4.78 is 5.22. The van der Waals surface area contributed by atoms with Gasteiger partial charge in [0.1, 0.15) is 0 Å². The first-order chi connectivity index (χ1) is 6.68. The molecule has 0 N–H and O–H groups in total. The van der Waals surface area contributed by atoms with Gasteiger partial charge in [-0.05, 0) is 31.1 Å². The average molecular weight is 196 g/mol. The molecular formula is C12H20O2. The van der Waals surface area contributed by atoms with Gasteiger partial charge in [-0.2, -0.15) is 0 Å². The van der Waals surface area contributed by atoms with Gasteiger partial charge in [0.05, 0.1) is 6.61 Å². The molecule has 0 amide bonds. The summed E-state index contributed by atoms with van der Waals surface area (Å²) in [5.74, 6) is 0.902. The molecule has 1 atom stereocenters. The van der Waals surface area contributed by atoms with Crippen molar-refractivity contribution in [3.8, 4) is 0 Å². The Bertz CT molecular complexity index is 206. The standard InChI is InChI=1S/C12H20O2/c1-10(2)8-12(13)14-9-11-6-4-3-5-7-11/h3-4,10-11H,5-9H2,1-2H3. The van der Waals surface area contributed by atoms with Gasteiger partial charge < -0.3 is 4.74 Å². The van der Waals surface area contributed by atoms with Crippen LogP contribution in [0.2, 0.25) is 0 Å². The average Bonchev–Trinajstić information content (AvgIpc) is 2.15. The molecule has 0 fully saturated rings. The molecule has 1 unspecified atom stereocenters. The number of carbonyl (C=O) groups is 1. The summed E-state index contributed by atoms with van der Waals surface area (Å²) >= 11 is 0. The molecule has 0 aromatic carbocycles. The fourth-order valence-electron chi connectivity index (χ4n) is 1.61. The van der Waals surface area contributed by atoms with E-state index >= 15 is 0 Å². The minimum atomic E-state index is -0.0467. The predicted octanol–water partition coefficient (Wildman–Crippen LogP) is 2.93. The van der Waals surface area contributed by atoms with Gasteiger partial charge in [0.15, 0.2) is 0 Å². The third-order valence-electron chi connectivity index (χ3n) is 2.43. The third-order valence-corrected chi connectivity index (χ3v) is 2.43. The largest absolute Gasteiger partial charge is 0.465 e. The second-order valence-electron chi connectivity index (χ2n) is 4.43. The molecule has 0 aromatic rings. The Morgan fingerprint density at radius 3 is 2.86 bits per heavy atom.